The molecular formula is C15H28FmNO4-. The average Bonchev–Trinajstić information content (AvgIpc) is 2.35. The van der Waals surface area contributed by atoms with E-state index in [1.165, 1.54) is 6.41 Å². The topological polar surface area (TPSA) is 75.6 Å². The van der Waals surface area contributed by atoms with Gasteiger partial charge in [-0.05, 0) is 39.7 Å². The second kappa shape index (κ2) is 12.5. The Kier molecular flexibility index (Phi) is 14.0. The summed E-state index contributed by atoms with van der Waals surface area (Å²) < 4.78 is 5.14. The molecule has 0 aromatic carbocycles. The minimum atomic E-state index is -0.588. The molecule has 0 aromatic heterocycles. The van der Waals surface area contributed by atoms with Crippen molar-refractivity contribution in [3.8, 4) is 0 Å². The van der Waals surface area contributed by atoms with Gasteiger partial charge >= 0.3 is 5.97 Å². The van der Waals surface area contributed by atoms with E-state index in [1.54, 1.807) is 26.8 Å². The second-order valence-corrected chi connectivity index (χ2v) is 4.96. The number of aliphatic hydroxyl groups excluding tert-OH is 1. The van der Waals surface area contributed by atoms with Gasteiger partial charge < -0.3 is 20.0 Å². The first-order valence-electron chi connectivity index (χ1n) is 7.03. The number of hydrogen-bond acceptors (Lipinski definition) is 4. The van der Waals surface area contributed by atoms with Crippen LogP contribution in [-0.4, -0.2) is 29.1 Å². The van der Waals surface area contributed by atoms with Crippen molar-refractivity contribution in [2.24, 2.45) is 0 Å². The summed E-state index contributed by atoms with van der Waals surface area (Å²) in [5, 5.41) is 12.0. The van der Waals surface area contributed by atoms with Gasteiger partial charge in [0, 0.05) is 6.42 Å². The number of hydrogen-bond donors (Lipinski definition) is 2. The van der Waals surface area contributed by atoms with Crippen LogP contribution in [0.4, 0.5) is 0 Å². The zero-order valence-electron chi connectivity index (χ0n) is 13.7. The van der Waals surface area contributed by atoms with Gasteiger partial charge in [-0.3, -0.25) is 4.79 Å². The van der Waals surface area contributed by atoms with Gasteiger partial charge in [-0.25, -0.2) is 0 Å². The third-order valence-electron chi connectivity index (χ3n) is 2.06. The molecule has 1 atom stereocenters. The van der Waals surface area contributed by atoms with Crippen molar-refractivity contribution in [2.75, 3.05) is 0 Å². The molecule has 1 amide bonds. The molecule has 0 spiro atoms. The fraction of sp³-hybridized carbons (Fsp3) is 0.733. The third-order valence-corrected chi connectivity index (χ3v) is 2.06. The average molecular weight is 543 g/mol. The molecule has 2 N–H and O–H groups in total. The molecule has 0 aliphatic rings. The molecule has 0 bridgehead atoms. The molecule has 0 radical (unpaired) electrons. The first-order chi connectivity index (χ1) is 9.30. The fourth-order valence-electron chi connectivity index (χ4n) is 1.37. The molecule has 0 aliphatic carbocycles. The Hall–Kier alpha value is -2.52. The summed E-state index contributed by atoms with van der Waals surface area (Å²) in [5.41, 5.74) is -0.530. The molecule has 1 unspecified atom stereocenters. The van der Waals surface area contributed by atoms with E-state index in [2.05, 4.69) is 5.32 Å². The Morgan fingerprint density at radius 2 is 1.90 bits per heavy atom. The maximum Gasteiger partial charge on any atom is 0.306 e. The molecule has 130 valence electrons. The molecular weight excluding hydrogens is 515 g/mol. The van der Waals surface area contributed by atoms with Crippen LogP contribution in [-0.2, 0) is 14.3 Å². The summed E-state index contributed by atoms with van der Waals surface area (Å²) in [4.78, 5) is 21.8. The number of aliphatic hydroxyl groups is 1. The Balaban J connectivity index is -0.00000103. The van der Waals surface area contributed by atoms with Crippen molar-refractivity contribution < 1.29 is 19.4 Å². The molecule has 0 aliphatic heterocycles. The summed E-state index contributed by atoms with van der Waals surface area (Å²) in [6, 6.07) is -0.588. The van der Waals surface area contributed by atoms with Gasteiger partial charge in [0.25, 0.3) is 0 Å². The smallest absolute Gasteiger partial charge is 0.306 e. The zero-order chi connectivity index (χ0) is 16.2. The van der Waals surface area contributed by atoms with Crippen molar-refractivity contribution in [1.29, 1.82) is 0 Å². The molecule has 0 fully saturated rings. The summed E-state index contributed by atoms with van der Waals surface area (Å²) >= 11 is 0. The Morgan fingerprint density at radius 1 is 1.38 bits per heavy atom. The van der Waals surface area contributed by atoms with Crippen molar-refractivity contribution in [1.82, 2.24) is 5.32 Å². The maximum absolute atomic E-state index is 11.5. The molecule has 21 heavy (non-hydrogen) atoms. The van der Waals surface area contributed by atoms with Crippen molar-refractivity contribution in [3.05, 3.63) is 11.8 Å². The molecule has 5 nitrogen and oxygen atoms in total. The zero-order valence-corrected chi connectivity index (χ0v) is 16.1. The van der Waals surface area contributed by atoms with E-state index in [4.69, 9.17) is 4.74 Å². The van der Waals surface area contributed by atoms with Crippen molar-refractivity contribution >= 4 is 12.4 Å². The summed E-state index contributed by atoms with van der Waals surface area (Å²) in [6.45, 7) is 11.2. The number of nitrogens with one attached hydrogen (secondary N) is 1. The van der Waals surface area contributed by atoms with Gasteiger partial charge in [-0.1, -0.05) is 20.8 Å². The predicted octanol–water partition coefficient (Wildman–Crippen LogP) is 3.01. The van der Waals surface area contributed by atoms with Crippen LogP contribution in [0.2, 0.25) is 0 Å². The first kappa shape index (κ1) is 23.6. The first-order valence-corrected chi connectivity index (χ1v) is 7.03. The second-order valence-electron chi connectivity index (χ2n) is 4.96. The quantitative estimate of drug-likeness (QED) is 0.224. The molecule has 0 saturated heterocycles. The largest absolute Gasteiger partial charge is 0.521 e. The van der Waals surface area contributed by atoms with Crippen LogP contribution in [0.5, 0.6) is 0 Å². The summed E-state index contributed by atoms with van der Waals surface area (Å²) in [6.07, 6.45) is 4.17. The van der Waals surface area contributed by atoms with Gasteiger partial charge in [0.2, 0.25) is 0 Å². The number of amides is 1. The summed E-state index contributed by atoms with van der Waals surface area (Å²) in [7, 11) is 0. The van der Waals surface area contributed by atoms with E-state index in [0.717, 1.165) is 0 Å². The number of allylic oxidation sites excluding steroid dienone is 1. The monoisotopic (exact) mass is 543 g/mol. The number of esters is 1. The van der Waals surface area contributed by atoms with Crippen LogP contribution in [0, 0.1) is 0 Å². The standard InChI is InChI=1S/C13H22NO4.C2H6.Fm/c1-5-6-11(16)10(14-9-15)7-8-12(17)18-13(2,3)4;1-2;/h6,10,16H,5,7-8H2,1-4H3,(H,14,15);1-2H3;/q-1;;/b11-6-;;. The molecule has 0 rings (SSSR count). The Morgan fingerprint density at radius 3 is 2.29 bits per heavy atom. The van der Waals surface area contributed by atoms with Crippen LogP contribution in [0.25, 0.3) is 0 Å². The van der Waals surface area contributed by atoms with Crippen LogP contribution < -0.4 is 5.32 Å². The third kappa shape index (κ3) is 13.7. The normalized spacial score (nSPS) is 12.2. The van der Waals surface area contributed by atoms with E-state index < -0.39 is 11.6 Å². The Bertz CT molecular complexity index is 311. The molecule has 0 heterocycles. The van der Waals surface area contributed by atoms with Crippen LogP contribution in [0.1, 0.15) is 60.8 Å². The van der Waals surface area contributed by atoms with Gasteiger partial charge in [0.05, 0.1) is 6.04 Å². The molecule has 6 heteroatoms. The number of carbonyl (C=O) groups is 1. The van der Waals surface area contributed by atoms with E-state index >= 15 is 0 Å². The van der Waals surface area contributed by atoms with E-state index in [9.17, 15) is 14.7 Å². The maximum atomic E-state index is 11.5. The van der Waals surface area contributed by atoms with E-state index in [-0.39, 0.29) is 24.6 Å². The van der Waals surface area contributed by atoms with E-state index in [1.807, 2.05) is 20.8 Å². The van der Waals surface area contributed by atoms with Crippen LogP contribution in [0.3, 0.4) is 0 Å². The van der Waals surface area contributed by atoms with Gasteiger partial charge in [0.1, 0.15) is 11.4 Å². The summed E-state index contributed by atoms with van der Waals surface area (Å²) in [5.74, 6) is -0.311. The van der Waals surface area contributed by atoms with Crippen molar-refractivity contribution in [3.63, 3.8) is 0 Å². The van der Waals surface area contributed by atoms with Gasteiger partial charge in [-0.2, -0.15) is 6.41 Å². The van der Waals surface area contributed by atoms with Crippen LogP contribution >= 0.6 is 0 Å². The van der Waals surface area contributed by atoms with Gasteiger partial charge in [-0.15, -0.1) is 0 Å². The fourth-order valence-corrected chi connectivity index (χ4v) is 1.37. The molecule has 0 aromatic rings. The number of carbonyl (C=O) groups excluding carboxylic acids is 2. The van der Waals surface area contributed by atoms with Crippen LogP contribution in [0.15, 0.2) is 11.8 Å². The SMILES string of the molecule is CC.CC/C=C(\O)C(CCC(=O)OC(C)(C)C)N[C-]=O.[Fm]. The molecule has 0 saturated carbocycles. The Labute approximate surface area is 122 Å². The van der Waals surface area contributed by atoms with Crippen molar-refractivity contribution in [2.45, 2.75) is 72.4 Å². The van der Waals surface area contributed by atoms with E-state index in [0.29, 0.717) is 6.42 Å². The minimum Gasteiger partial charge on any atom is -0.521 e. The number of rotatable bonds is 7. The number of ether oxygens (including phenoxy) is 1. The minimum absolute atomic E-state index is 0. The predicted molar refractivity (Wildman–Crippen MR) is 80.0 cm³/mol. The van der Waals surface area contributed by atoms with Gasteiger partial charge in [0.15, 0.2) is 0 Å².